The van der Waals surface area contributed by atoms with E-state index in [2.05, 4.69) is 11.4 Å². The van der Waals surface area contributed by atoms with Crippen molar-refractivity contribution in [3.63, 3.8) is 0 Å². The number of hydrogen-bond donors (Lipinski definition) is 3. The van der Waals surface area contributed by atoms with Crippen LogP contribution in [0.5, 0.6) is 0 Å². The van der Waals surface area contributed by atoms with Gasteiger partial charge in [-0.2, -0.15) is 0 Å². The molecule has 3 N–H and O–H groups in total. The lowest BCUT2D eigenvalue weighted by Crippen LogP contribution is -2.58. The number of carbonyl (C=O) groups is 2. The largest absolute Gasteiger partial charge is 0.470 e. The Balaban J connectivity index is 1.59. The van der Waals surface area contributed by atoms with Gasteiger partial charge in [0, 0.05) is 11.8 Å². The Morgan fingerprint density at radius 3 is 2.52 bits per heavy atom. The average molecular weight is 426 g/mol. The van der Waals surface area contributed by atoms with Crippen molar-refractivity contribution in [2.45, 2.75) is 70.8 Å². The standard InChI is InChI=1S/C21H31O7P/c1-19-8-5-14(22)11-13(19)3-4-15-16(19)6-9-20(2)17(15)7-10-21(20,24)18(23)12-28-29(25,26)27/h11,15-17,24H,3-10,12H2,1-2H3,(H2,25,26,27). The van der Waals surface area contributed by atoms with Crippen LogP contribution in [-0.4, -0.2) is 38.7 Å². The fourth-order valence-corrected chi connectivity index (χ4v) is 7.58. The van der Waals surface area contributed by atoms with Gasteiger partial charge in [-0.05, 0) is 74.2 Å². The smallest absolute Gasteiger partial charge is 0.381 e. The molecular formula is C21H31O7P. The summed E-state index contributed by atoms with van der Waals surface area (Å²) < 4.78 is 15.4. The Bertz CT molecular complexity index is 816. The van der Waals surface area contributed by atoms with E-state index in [1.807, 2.05) is 13.0 Å². The number of carbonyl (C=O) groups excluding carboxylic acids is 2. The Labute approximate surface area is 171 Å². The van der Waals surface area contributed by atoms with Gasteiger partial charge in [0.2, 0.25) is 0 Å². The Hall–Kier alpha value is -0.850. The number of phosphoric ester groups is 1. The molecule has 0 radical (unpaired) electrons. The molecule has 3 fully saturated rings. The van der Waals surface area contributed by atoms with Gasteiger partial charge in [0.25, 0.3) is 0 Å². The van der Waals surface area contributed by atoms with E-state index in [9.17, 15) is 19.3 Å². The van der Waals surface area contributed by atoms with Gasteiger partial charge in [-0.15, -0.1) is 0 Å². The third kappa shape index (κ3) is 3.21. The molecule has 0 aromatic carbocycles. The Kier molecular flexibility index (Phi) is 5.03. The number of ketones is 2. The highest BCUT2D eigenvalue weighted by Crippen LogP contribution is 2.67. The first-order valence-corrected chi connectivity index (χ1v) is 12.1. The van der Waals surface area contributed by atoms with E-state index < -0.39 is 31.2 Å². The average Bonchev–Trinajstić information content (AvgIpc) is 2.92. The fourth-order valence-electron chi connectivity index (χ4n) is 7.30. The van der Waals surface area contributed by atoms with Crippen molar-refractivity contribution in [2.75, 3.05) is 6.61 Å². The highest BCUT2D eigenvalue weighted by molar-refractivity contribution is 7.46. The number of hydrogen-bond acceptors (Lipinski definition) is 5. The van der Waals surface area contributed by atoms with Crippen LogP contribution in [0, 0.1) is 28.6 Å². The molecule has 4 aliphatic rings. The maximum absolute atomic E-state index is 12.8. The minimum absolute atomic E-state index is 0.0202. The van der Waals surface area contributed by atoms with Gasteiger partial charge in [0.15, 0.2) is 11.6 Å². The maximum atomic E-state index is 12.8. The molecule has 162 valence electrons. The van der Waals surface area contributed by atoms with E-state index in [0.29, 0.717) is 31.1 Å². The van der Waals surface area contributed by atoms with E-state index >= 15 is 0 Å². The van der Waals surface area contributed by atoms with Crippen LogP contribution in [0.4, 0.5) is 0 Å². The van der Waals surface area contributed by atoms with Gasteiger partial charge in [-0.1, -0.05) is 19.4 Å². The van der Waals surface area contributed by atoms with Crippen molar-refractivity contribution in [1.29, 1.82) is 0 Å². The predicted molar refractivity (Wildman–Crippen MR) is 105 cm³/mol. The van der Waals surface area contributed by atoms with E-state index in [1.54, 1.807) is 0 Å². The highest BCUT2D eigenvalue weighted by Gasteiger charge is 2.66. The number of aliphatic hydroxyl groups is 1. The maximum Gasteiger partial charge on any atom is 0.470 e. The molecule has 0 spiro atoms. The summed E-state index contributed by atoms with van der Waals surface area (Å²) in [5.41, 5.74) is -0.937. The third-order valence-electron chi connectivity index (χ3n) is 8.94. The van der Waals surface area contributed by atoms with Crippen LogP contribution < -0.4 is 0 Å². The zero-order valence-electron chi connectivity index (χ0n) is 17.1. The van der Waals surface area contributed by atoms with Crippen LogP contribution in [0.1, 0.15) is 65.2 Å². The third-order valence-corrected chi connectivity index (χ3v) is 9.40. The molecule has 0 heterocycles. The van der Waals surface area contributed by atoms with Crippen LogP contribution in [0.15, 0.2) is 11.6 Å². The molecule has 7 nitrogen and oxygen atoms in total. The molecule has 29 heavy (non-hydrogen) atoms. The molecule has 4 rings (SSSR count). The van der Waals surface area contributed by atoms with E-state index in [-0.39, 0.29) is 17.1 Å². The molecule has 8 heteroatoms. The highest BCUT2D eigenvalue weighted by atomic mass is 31.2. The van der Waals surface area contributed by atoms with Crippen molar-refractivity contribution in [3.05, 3.63) is 11.6 Å². The van der Waals surface area contributed by atoms with Crippen LogP contribution >= 0.6 is 7.82 Å². The first kappa shape index (κ1) is 21.4. The number of Topliss-reactive ketones (excluding diaryl/α,β-unsaturated/α-hetero) is 1. The van der Waals surface area contributed by atoms with Gasteiger partial charge in [-0.25, -0.2) is 4.57 Å². The number of allylic oxidation sites excluding steroid dienone is 1. The molecule has 0 amide bonds. The summed E-state index contributed by atoms with van der Waals surface area (Å²) in [6.45, 7) is 3.48. The number of rotatable bonds is 4. The zero-order chi connectivity index (χ0) is 21.2. The van der Waals surface area contributed by atoms with Crippen LogP contribution in [0.25, 0.3) is 0 Å². The summed E-state index contributed by atoms with van der Waals surface area (Å²) in [4.78, 5) is 42.6. The summed E-state index contributed by atoms with van der Waals surface area (Å²) in [5, 5.41) is 11.4. The summed E-state index contributed by atoms with van der Waals surface area (Å²) >= 11 is 0. The van der Waals surface area contributed by atoms with Crippen molar-refractivity contribution in [2.24, 2.45) is 28.6 Å². The first-order valence-electron chi connectivity index (χ1n) is 10.6. The molecule has 4 aliphatic carbocycles. The molecule has 0 saturated heterocycles. The normalized spacial score (nSPS) is 44.5. The van der Waals surface area contributed by atoms with E-state index in [4.69, 9.17) is 9.79 Å². The molecule has 0 aromatic rings. The second-order valence-corrected chi connectivity index (χ2v) is 11.3. The molecular weight excluding hydrogens is 395 g/mol. The minimum atomic E-state index is -4.77. The fraction of sp³-hybridized carbons (Fsp3) is 0.810. The molecule has 0 aromatic heterocycles. The Morgan fingerprint density at radius 1 is 1.14 bits per heavy atom. The topological polar surface area (TPSA) is 121 Å². The lowest BCUT2D eigenvalue weighted by molar-refractivity contribution is -0.164. The minimum Gasteiger partial charge on any atom is -0.381 e. The zero-order valence-corrected chi connectivity index (χ0v) is 18.0. The quantitative estimate of drug-likeness (QED) is 0.591. The van der Waals surface area contributed by atoms with E-state index in [0.717, 1.165) is 32.1 Å². The van der Waals surface area contributed by atoms with Crippen LogP contribution in [-0.2, 0) is 18.7 Å². The van der Waals surface area contributed by atoms with E-state index in [1.165, 1.54) is 5.57 Å². The second-order valence-electron chi connectivity index (χ2n) is 10.0. The van der Waals surface area contributed by atoms with Crippen molar-refractivity contribution >= 4 is 19.4 Å². The van der Waals surface area contributed by atoms with Crippen molar-refractivity contribution in [3.8, 4) is 0 Å². The lowest BCUT2D eigenvalue weighted by Gasteiger charge is -2.58. The lowest BCUT2D eigenvalue weighted by atomic mass is 9.46. The van der Waals surface area contributed by atoms with Crippen LogP contribution in [0.3, 0.4) is 0 Å². The monoisotopic (exact) mass is 426 g/mol. The van der Waals surface area contributed by atoms with Gasteiger partial charge in [-0.3, -0.25) is 14.1 Å². The first-order chi connectivity index (χ1) is 13.4. The molecule has 3 saturated carbocycles. The Morgan fingerprint density at radius 2 is 1.83 bits per heavy atom. The van der Waals surface area contributed by atoms with Gasteiger partial charge in [0.1, 0.15) is 12.2 Å². The number of phosphoric acid groups is 1. The van der Waals surface area contributed by atoms with Crippen LogP contribution in [0.2, 0.25) is 0 Å². The van der Waals surface area contributed by atoms with Crippen molar-refractivity contribution in [1.82, 2.24) is 0 Å². The molecule has 6 unspecified atom stereocenters. The summed E-state index contributed by atoms with van der Waals surface area (Å²) in [6.07, 6.45) is 7.79. The SMILES string of the molecule is CC12CCC(=O)C=C1CCC1C2CCC2(C)C1CCC2(O)C(=O)COP(=O)(O)O. The second kappa shape index (κ2) is 6.83. The summed E-state index contributed by atoms with van der Waals surface area (Å²) in [5.74, 6) is 0.602. The van der Waals surface area contributed by atoms with Crippen molar-refractivity contribution < 1.29 is 33.6 Å². The summed E-state index contributed by atoms with van der Waals surface area (Å²) in [6, 6.07) is 0. The van der Waals surface area contributed by atoms with Gasteiger partial charge < -0.3 is 14.9 Å². The number of fused-ring (bicyclic) bond motifs is 5. The summed E-state index contributed by atoms with van der Waals surface area (Å²) in [7, 11) is -4.77. The predicted octanol–water partition coefficient (Wildman–Crippen LogP) is 2.93. The molecule has 0 bridgehead atoms. The molecule has 0 aliphatic heterocycles. The molecule has 6 atom stereocenters. The van der Waals surface area contributed by atoms with Gasteiger partial charge >= 0.3 is 7.82 Å². The van der Waals surface area contributed by atoms with Gasteiger partial charge in [0.05, 0.1) is 0 Å².